The van der Waals surface area contributed by atoms with Crippen LogP contribution in [-0.2, 0) is 0 Å². The highest BCUT2D eigenvalue weighted by molar-refractivity contribution is 5.25. The second-order valence-electron chi connectivity index (χ2n) is 4.44. The minimum absolute atomic E-state index is 0.434. The number of rotatable bonds is 1. The summed E-state index contributed by atoms with van der Waals surface area (Å²) in [6.45, 7) is 8.82. The van der Waals surface area contributed by atoms with Gasteiger partial charge in [0.05, 0.1) is 11.4 Å². The highest BCUT2D eigenvalue weighted by Crippen LogP contribution is 2.40. The van der Waals surface area contributed by atoms with Crippen LogP contribution in [0.4, 0.5) is 0 Å². The maximum absolute atomic E-state index is 4.26. The normalized spacial score (nSPS) is 26.8. The van der Waals surface area contributed by atoms with Gasteiger partial charge in [-0.05, 0) is 20.3 Å². The van der Waals surface area contributed by atoms with Crippen LogP contribution in [0.2, 0.25) is 0 Å². The van der Waals surface area contributed by atoms with Gasteiger partial charge in [0.25, 0.3) is 0 Å². The van der Waals surface area contributed by atoms with Crippen LogP contribution in [-0.4, -0.2) is 15.0 Å². The molecule has 1 aliphatic carbocycles. The van der Waals surface area contributed by atoms with Gasteiger partial charge in [-0.1, -0.05) is 19.1 Å². The van der Waals surface area contributed by atoms with Gasteiger partial charge in [0.15, 0.2) is 0 Å². The molecule has 72 valence electrons. The number of fused-ring (bicyclic) bond motifs is 1. The van der Waals surface area contributed by atoms with Gasteiger partial charge >= 0.3 is 0 Å². The fraction of sp³-hybridized carbons (Fsp3) is 0.800. The van der Waals surface area contributed by atoms with Crippen LogP contribution >= 0.6 is 0 Å². The van der Waals surface area contributed by atoms with Crippen molar-refractivity contribution in [1.29, 1.82) is 0 Å². The third kappa shape index (κ3) is 1.18. The first-order valence-corrected chi connectivity index (χ1v) is 5.06. The quantitative estimate of drug-likeness (QED) is 0.663. The SMILES string of the molecule is CC1CC(C)c2c1nnn2C(C)C. The van der Waals surface area contributed by atoms with Crippen molar-refractivity contribution in [2.75, 3.05) is 0 Å². The molecular weight excluding hydrogens is 162 g/mol. The predicted octanol–water partition coefficient (Wildman–Crippen LogP) is 2.47. The average Bonchev–Trinajstić information content (AvgIpc) is 2.55. The largest absolute Gasteiger partial charge is 0.246 e. The molecule has 1 aliphatic rings. The Hall–Kier alpha value is -0.860. The molecule has 0 aliphatic heterocycles. The Balaban J connectivity index is 2.48. The smallest absolute Gasteiger partial charge is 0.0890 e. The van der Waals surface area contributed by atoms with Gasteiger partial charge in [-0.3, -0.25) is 0 Å². The summed E-state index contributed by atoms with van der Waals surface area (Å²) in [5, 5.41) is 8.47. The zero-order chi connectivity index (χ0) is 9.59. The van der Waals surface area contributed by atoms with Gasteiger partial charge in [0.1, 0.15) is 0 Å². The summed E-state index contributed by atoms with van der Waals surface area (Å²) in [7, 11) is 0. The van der Waals surface area contributed by atoms with E-state index in [0.29, 0.717) is 17.9 Å². The van der Waals surface area contributed by atoms with Crippen LogP contribution in [0, 0.1) is 0 Å². The molecule has 0 N–H and O–H groups in total. The van der Waals surface area contributed by atoms with Crippen molar-refractivity contribution >= 4 is 0 Å². The molecule has 0 amide bonds. The second-order valence-corrected chi connectivity index (χ2v) is 4.44. The number of aromatic nitrogens is 3. The molecule has 2 rings (SSSR count). The van der Waals surface area contributed by atoms with E-state index in [0.717, 1.165) is 0 Å². The first-order chi connectivity index (χ1) is 6.11. The lowest BCUT2D eigenvalue weighted by atomic mass is 10.1. The standard InChI is InChI=1S/C10H17N3/c1-6(2)13-10-8(4)5-7(3)9(10)11-12-13/h6-8H,5H2,1-4H3. The van der Waals surface area contributed by atoms with Crippen molar-refractivity contribution < 1.29 is 0 Å². The monoisotopic (exact) mass is 179 g/mol. The van der Waals surface area contributed by atoms with E-state index in [9.17, 15) is 0 Å². The molecule has 13 heavy (non-hydrogen) atoms. The van der Waals surface area contributed by atoms with Crippen molar-refractivity contribution in [3.8, 4) is 0 Å². The van der Waals surface area contributed by atoms with E-state index in [-0.39, 0.29) is 0 Å². The fourth-order valence-corrected chi connectivity index (χ4v) is 2.28. The maximum atomic E-state index is 4.26. The van der Waals surface area contributed by atoms with Gasteiger partial charge in [0.2, 0.25) is 0 Å². The molecule has 0 saturated heterocycles. The molecule has 2 unspecified atom stereocenters. The molecule has 0 fully saturated rings. The van der Waals surface area contributed by atoms with Crippen LogP contribution < -0.4 is 0 Å². The number of hydrogen-bond donors (Lipinski definition) is 0. The van der Waals surface area contributed by atoms with Crippen LogP contribution in [0.15, 0.2) is 0 Å². The van der Waals surface area contributed by atoms with Crippen LogP contribution in [0.5, 0.6) is 0 Å². The molecule has 1 aromatic rings. The molecule has 0 spiro atoms. The lowest BCUT2D eigenvalue weighted by Crippen LogP contribution is -2.08. The van der Waals surface area contributed by atoms with E-state index in [2.05, 4.69) is 42.7 Å². The van der Waals surface area contributed by atoms with E-state index in [4.69, 9.17) is 0 Å². The predicted molar refractivity (Wildman–Crippen MR) is 51.9 cm³/mol. The first-order valence-electron chi connectivity index (χ1n) is 5.06. The molecule has 0 saturated carbocycles. The van der Waals surface area contributed by atoms with E-state index in [1.54, 1.807) is 0 Å². The Kier molecular flexibility index (Phi) is 1.90. The summed E-state index contributed by atoms with van der Waals surface area (Å²) in [6.07, 6.45) is 1.23. The van der Waals surface area contributed by atoms with Crippen LogP contribution in [0.3, 0.4) is 0 Å². The lowest BCUT2D eigenvalue weighted by molar-refractivity contribution is 0.472. The van der Waals surface area contributed by atoms with E-state index < -0.39 is 0 Å². The van der Waals surface area contributed by atoms with Gasteiger partial charge in [-0.25, -0.2) is 4.68 Å². The Morgan fingerprint density at radius 3 is 2.62 bits per heavy atom. The van der Waals surface area contributed by atoms with Crippen molar-refractivity contribution in [2.45, 2.75) is 52.0 Å². The first kappa shape index (κ1) is 8.73. The molecule has 2 atom stereocenters. The zero-order valence-electron chi connectivity index (χ0n) is 8.78. The topological polar surface area (TPSA) is 30.7 Å². The van der Waals surface area contributed by atoms with Gasteiger partial charge in [-0.2, -0.15) is 0 Å². The fourth-order valence-electron chi connectivity index (χ4n) is 2.28. The van der Waals surface area contributed by atoms with Gasteiger partial charge < -0.3 is 0 Å². The minimum Gasteiger partial charge on any atom is -0.246 e. The molecule has 1 aromatic heterocycles. The summed E-state index contributed by atoms with van der Waals surface area (Å²) in [4.78, 5) is 0. The van der Waals surface area contributed by atoms with Crippen molar-refractivity contribution in [1.82, 2.24) is 15.0 Å². The molecule has 3 nitrogen and oxygen atoms in total. The highest BCUT2D eigenvalue weighted by atomic mass is 15.4. The minimum atomic E-state index is 0.434. The zero-order valence-corrected chi connectivity index (χ0v) is 8.78. The molecule has 0 aromatic carbocycles. The van der Waals surface area contributed by atoms with E-state index >= 15 is 0 Å². The Labute approximate surface area is 79.1 Å². The van der Waals surface area contributed by atoms with Crippen molar-refractivity contribution in [3.05, 3.63) is 11.4 Å². The summed E-state index contributed by atoms with van der Waals surface area (Å²) >= 11 is 0. The van der Waals surface area contributed by atoms with Crippen molar-refractivity contribution in [2.24, 2.45) is 0 Å². The van der Waals surface area contributed by atoms with E-state index in [1.807, 2.05) is 0 Å². The lowest BCUT2D eigenvalue weighted by Gasteiger charge is -2.11. The summed E-state index contributed by atoms with van der Waals surface area (Å²) in [6, 6.07) is 0.434. The van der Waals surface area contributed by atoms with E-state index in [1.165, 1.54) is 17.8 Å². The third-order valence-corrected chi connectivity index (χ3v) is 2.89. The van der Waals surface area contributed by atoms with Gasteiger partial charge in [-0.15, -0.1) is 5.10 Å². The van der Waals surface area contributed by atoms with Gasteiger partial charge in [0, 0.05) is 17.9 Å². The molecule has 0 radical (unpaired) electrons. The summed E-state index contributed by atoms with van der Waals surface area (Å²) in [5.41, 5.74) is 2.59. The number of nitrogens with zero attached hydrogens (tertiary/aromatic N) is 3. The Morgan fingerprint density at radius 2 is 2.00 bits per heavy atom. The maximum Gasteiger partial charge on any atom is 0.0890 e. The molecular formula is C10H17N3. The molecule has 0 bridgehead atoms. The third-order valence-electron chi connectivity index (χ3n) is 2.89. The average molecular weight is 179 g/mol. The van der Waals surface area contributed by atoms with Crippen LogP contribution in [0.25, 0.3) is 0 Å². The van der Waals surface area contributed by atoms with Crippen molar-refractivity contribution in [3.63, 3.8) is 0 Å². The second kappa shape index (κ2) is 2.82. The summed E-state index contributed by atoms with van der Waals surface area (Å²) < 4.78 is 2.07. The van der Waals surface area contributed by atoms with Crippen LogP contribution in [0.1, 0.15) is 63.4 Å². The molecule has 3 heteroatoms. The highest BCUT2D eigenvalue weighted by Gasteiger charge is 2.31. The Morgan fingerprint density at radius 1 is 1.31 bits per heavy atom. The molecule has 1 heterocycles. The Bertz CT molecular complexity index is 314. The number of hydrogen-bond acceptors (Lipinski definition) is 2. The summed E-state index contributed by atoms with van der Waals surface area (Å²) in [5.74, 6) is 1.22.